The number of anilines is 2. The molecule has 1 unspecified atom stereocenters. The molecule has 0 fully saturated rings. The van der Waals surface area contributed by atoms with Crippen LogP contribution in [0.15, 0.2) is 94.9 Å². The lowest BCUT2D eigenvalue weighted by Gasteiger charge is -2.30. The van der Waals surface area contributed by atoms with E-state index in [-0.39, 0.29) is 5.91 Å². The fourth-order valence-electron chi connectivity index (χ4n) is 4.11. The zero-order valence-electron chi connectivity index (χ0n) is 19.3. The van der Waals surface area contributed by atoms with Gasteiger partial charge in [0.25, 0.3) is 5.91 Å². The molecule has 0 radical (unpaired) electrons. The highest BCUT2D eigenvalue weighted by atomic mass is 79.9. The Morgan fingerprint density at radius 1 is 1.09 bits per heavy atom. The summed E-state index contributed by atoms with van der Waals surface area (Å²) in [5.41, 5.74) is 4.94. The summed E-state index contributed by atoms with van der Waals surface area (Å²) in [6.45, 7) is 4.28. The van der Waals surface area contributed by atoms with Crippen LogP contribution in [0.5, 0.6) is 5.75 Å². The van der Waals surface area contributed by atoms with Gasteiger partial charge in [0, 0.05) is 21.4 Å². The van der Waals surface area contributed by atoms with Gasteiger partial charge in [-0.1, -0.05) is 64.0 Å². The number of ether oxygens (including phenoxy) is 1. The molecular weight excluding hydrogens is 506 g/mol. The van der Waals surface area contributed by atoms with Crippen LogP contribution < -0.4 is 15.4 Å². The van der Waals surface area contributed by atoms with E-state index in [1.54, 1.807) is 4.68 Å². The molecule has 1 aliphatic rings. The summed E-state index contributed by atoms with van der Waals surface area (Å²) in [5.74, 6) is 1.01. The maximum absolute atomic E-state index is 13.6. The fourth-order valence-corrected chi connectivity index (χ4v) is 4.49. The van der Waals surface area contributed by atoms with Crippen molar-refractivity contribution in [3.63, 3.8) is 0 Å². The van der Waals surface area contributed by atoms with E-state index in [0.717, 1.165) is 26.9 Å². The van der Waals surface area contributed by atoms with Crippen LogP contribution >= 0.6 is 15.9 Å². The molecule has 4 aromatic rings. The Morgan fingerprint density at radius 3 is 2.63 bits per heavy atom. The third kappa shape index (κ3) is 4.83. The van der Waals surface area contributed by atoms with Crippen molar-refractivity contribution in [1.82, 2.24) is 14.8 Å². The van der Waals surface area contributed by atoms with E-state index in [2.05, 4.69) is 36.6 Å². The molecule has 0 bridgehead atoms. The minimum Gasteiger partial charge on any atom is -0.489 e. The van der Waals surface area contributed by atoms with Crippen molar-refractivity contribution in [1.29, 1.82) is 0 Å². The summed E-state index contributed by atoms with van der Waals surface area (Å²) in [7, 11) is 0. The third-order valence-electron chi connectivity index (χ3n) is 5.85. The molecule has 7 nitrogen and oxygen atoms in total. The van der Waals surface area contributed by atoms with Crippen molar-refractivity contribution in [2.45, 2.75) is 26.5 Å². The van der Waals surface area contributed by atoms with Gasteiger partial charge in [-0.25, -0.2) is 4.68 Å². The van der Waals surface area contributed by atoms with Crippen LogP contribution in [0.25, 0.3) is 0 Å². The molecule has 1 aliphatic heterocycles. The van der Waals surface area contributed by atoms with Crippen molar-refractivity contribution in [2.24, 2.45) is 0 Å². The Bertz CT molecular complexity index is 1400. The van der Waals surface area contributed by atoms with Gasteiger partial charge in [-0.3, -0.25) is 4.79 Å². The van der Waals surface area contributed by atoms with Gasteiger partial charge >= 0.3 is 0 Å². The lowest BCUT2D eigenvalue weighted by molar-refractivity contribution is -0.113. The van der Waals surface area contributed by atoms with Crippen LogP contribution in [0.3, 0.4) is 0 Å². The summed E-state index contributed by atoms with van der Waals surface area (Å²) in [5, 5.41) is 10.7. The number of rotatable bonds is 6. The van der Waals surface area contributed by atoms with Crippen molar-refractivity contribution < 1.29 is 9.53 Å². The van der Waals surface area contributed by atoms with Gasteiger partial charge < -0.3 is 15.4 Å². The van der Waals surface area contributed by atoms with Gasteiger partial charge in [-0.15, -0.1) is 0 Å². The van der Waals surface area contributed by atoms with E-state index in [4.69, 9.17) is 4.74 Å². The molecule has 176 valence electrons. The number of benzene rings is 3. The molecule has 1 aromatic heterocycles. The minimum absolute atomic E-state index is 0.223. The van der Waals surface area contributed by atoms with E-state index >= 15 is 0 Å². The maximum Gasteiger partial charge on any atom is 0.255 e. The van der Waals surface area contributed by atoms with E-state index in [0.29, 0.717) is 29.6 Å². The average Bonchev–Trinajstić information content (AvgIpc) is 3.32. The molecule has 2 heterocycles. The van der Waals surface area contributed by atoms with Gasteiger partial charge in [0.1, 0.15) is 24.7 Å². The number of aryl methyl sites for hydroxylation is 1. The zero-order valence-corrected chi connectivity index (χ0v) is 20.9. The van der Waals surface area contributed by atoms with Gasteiger partial charge in [0.05, 0.1) is 5.57 Å². The number of nitrogens with zero attached hydrogens (tertiary/aromatic N) is 3. The first kappa shape index (κ1) is 22.9. The number of hydrogen-bond donors (Lipinski definition) is 2. The highest BCUT2D eigenvalue weighted by molar-refractivity contribution is 9.10. The van der Waals surface area contributed by atoms with E-state index in [1.165, 1.54) is 6.33 Å². The second-order valence-electron chi connectivity index (χ2n) is 8.37. The molecule has 1 atom stereocenters. The number of fused-ring (bicyclic) bond motifs is 1. The fraction of sp³-hybridized carbons (Fsp3) is 0.148. The first-order valence-electron chi connectivity index (χ1n) is 11.2. The quantitative estimate of drug-likeness (QED) is 0.327. The first-order chi connectivity index (χ1) is 17.0. The van der Waals surface area contributed by atoms with E-state index in [9.17, 15) is 4.79 Å². The molecule has 35 heavy (non-hydrogen) atoms. The van der Waals surface area contributed by atoms with E-state index < -0.39 is 6.04 Å². The molecule has 8 heteroatoms. The zero-order chi connectivity index (χ0) is 24.4. The Kier molecular flexibility index (Phi) is 6.37. The predicted molar refractivity (Wildman–Crippen MR) is 139 cm³/mol. The average molecular weight is 530 g/mol. The van der Waals surface area contributed by atoms with Crippen molar-refractivity contribution in [3.8, 4) is 5.75 Å². The lowest BCUT2D eigenvalue weighted by Crippen LogP contribution is -2.31. The number of allylic oxidation sites excluding steroid dienone is 1. The largest absolute Gasteiger partial charge is 0.489 e. The number of hydrogen-bond acceptors (Lipinski definition) is 5. The minimum atomic E-state index is -0.539. The molecule has 1 amide bonds. The molecule has 2 N–H and O–H groups in total. The number of halogens is 1. The molecule has 0 saturated carbocycles. The lowest BCUT2D eigenvalue weighted by atomic mass is 9.94. The van der Waals surface area contributed by atoms with Gasteiger partial charge in [-0.2, -0.15) is 10.1 Å². The SMILES string of the molecule is CC1=C(C(=O)Nc2ccc(C)cc2)C(c2cc(Br)ccc2OCc2ccccc2)n2ncnc2N1. The monoisotopic (exact) mass is 529 g/mol. The molecule has 0 saturated heterocycles. The van der Waals surface area contributed by atoms with Crippen LogP contribution in [-0.2, 0) is 11.4 Å². The Hall–Kier alpha value is -3.91. The smallest absolute Gasteiger partial charge is 0.255 e. The van der Waals surface area contributed by atoms with Crippen molar-refractivity contribution in [3.05, 3.63) is 112 Å². The van der Waals surface area contributed by atoms with Crippen LogP contribution in [-0.4, -0.2) is 20.7 Å². The van der Waals surface area contributed by atoms with Gasteiger partial charge in [0.2, 0.25) is 5.95 Å². The summed E-state index contributed by atoms with van der Waals surface area (Å²) >= 11 is 3.59. The first-order valence-corrected chi connectivity index (χ1v) is 12.0. The summed E-state index contributed by atoms with van der Waals surface area (Å²) in [6.07, 6.45) is 1.48. The standard InChI is InChI=1S/C27H24BrN5O2/c1-17-8-11-21(12-9-17)32-26(34)24-18(2)31-27-29-16-30-33(27)25(24)22-14-20(28)10-13-23(22)35-15-19-6-4-3-5-7-19/h3-14,16,25H,15H2,1-2H3,(H,32,34)(H,29,30,31). The summed E-state index contributed by atoms with van der Waals surface area (Å²) in [6, 6.07) is 22.9. The molecular formula is C27H24BrN5O2. The Balaban J connectivity index is 1.55. The number of carbonyl (C=O) groups excluding carboxylic acids is 1. The summed E-state index contributed by atoms with van der Waals surface area (Å²) in [4.78, 5) is 18.0. The van der Waals surface area contributed by atoms with Gasteiger partial charge in [0.15, 0.2) is 0 Å². The second kappa shape index (κ2) is 9.76. The van der Waals surface area contributed by atoms with Crippen LogP contribution in [0.1, 0.15) is 29.7 Å². The van der Waals surface area contributed by atoms with Crippen molar-refractivity contribution in [2.75, 3.05) is 10.6 Å². The second-order valence-corrected chi connectivity index (χ2v) is 9.29. The van der Waals surface area contributed by atoms with Crippen LogP contribution in [0.2, 0.25) is 0 Å². The Labute approximate surface area is 212 Å². The molecule has 0 spiro atoms. The number of nitrogens with one attached hydrogen (secondary N) is 2. The predicted octanol–water partition coefficient (Wildman–Crippen LogP) is 5.86. The topological polar surface area (TPSA) is 81.1 Å². The maximum atomic E-state index is 13.6. The number of carbonyl (C=O) groups is 1. The third-order valence-corrected chi connectivity index (χ3v) is 6.35. The number of amides is 1. The number of aromatic nitrogens is 3. The van der Waals surface area contributed by atoms with Crippen molar-refractivity contribution >= 4 is 33.5 Å². The summed E-state index contributed by atoms with van der Waals surface area (Å²) < 4.78 is 8.85. The highest BCUT2D eigenvalue weighted by Gasteiger charge is 2.35. The van der Waals surface area contributed by atoms with E-state index in [1.807, 2.05) is 86.6 Å². The van der Waals surface area contributed by atoms with Gasteiger partial charge in [-0.05, 0) is 49.7 Å². The Morgan fingerprint density at radius 2 is 1.86 bits per heavy atom. The molecule has 0 aliphatic carbocycles. The molecule has 5 rings (SSSR count). The van der Waals surface area contributed by atoms with Crippen LogP contribution in [0, 0.1) is 6.92 Å². The van der Waals surface area contributed by atoms with Crippen LogP contribution in [0.4, 0.5) is 11.6 Å². The normalized spacial score (nSPS) is 14.8. The highest BCUT2D eigenvalue weighted by Crippen LogP contribution is 2.40. The molecule has 3 aromatic carbocycles.